The van der Waals surface area contributed by atoms with Crippen molar-refractivity contribution >= 4 is 11.7 Å². The smallest absolute Gasteiger partial charge is 0.241 e. The molecular formula is C14H22N4O. The average Bonchev–Trinajstić information content (AvgIpc) is 2.42. The summed E-state index contributed by atoms with van der Waals surface area (Å²) >= 11 is 0. The summed E-state index contributed by atoms with van der Waals surface area (Å²) in [6, 6.07) is 4.27. The van der Waals surface area contributed by atoms with E-state index in [2.05, 4.69) is 35.1 Å². The molecule has 0 aromatic carbocycles. The van der Waals surface area contributed by atoms with E-state index in [1.165, 1.54) is 0 Å². The number of hydrogen-bond donors (Lipinski definition) is 1. The molecule has 19 heavy (non-hydrogen) atoms. The SMILES string of the molecule is CCNC(C)c1cccnc1N1CCN(C)C(=O)C1. The second-order valence-electron chi connectivity index (χ2n) is 4.93. The lowest BCUT2D eigenvalue weighted by Gasteiger charge is -2.34. The molecule has 1 aliphatic rings. The number of nitrogens with zero attached hydrogens (tertiary/aromatic N) is 3. The van der Waals surface area contributed by atoms with E-state index in [0.29, 0.717) is 6.54 Å². The normalized spacial score (nSPS) is 17.7. The van der Waals surface area contributed by atoms with E-state index in [1.807, 2.05) is 13.1 Å². The number of carbonyl (C=O) groups is 1. The van der Waals surface area contributed by atoms with Gasteiger partial charge in [-0.25, -0.2) is 4.98 Å². The quantitative estimate of drug-likeness (QED) is 0.880. The summed E-state index contributed by atoms with van der Waals surface area (Å²) in [5, 5.41) is 3.40. The van der Waals surface area contributed by atoms with E-state index in [0.717, 1.165) is 31.0 Å². The Bertz CT molecular complexity index is 449. The predicted octanol–water partition coefficient (Wildman–Crippen LogP) is 1.03. The highest BCUT2D eigenvalue weighted by molar-refractivity contribution is 5.82. The number of amides is 1. The maximum absolute atomic E-state index is 11.8. The number of hydrogen-bond acceptors (Lipinski definition) is 4. The van der Waals surface area contributed by atoms with Gasteiger partial charge >= 0.3 is 0 Å². The fourth-order valence-electron chi connectivity index (χ4n) is 2.37. The van der Waals surface area contributed by atoms with Crippen LogP contribution in [0.25, 0.3) is 0 Å². The first-order valence-electron chi connectivity index (χ1n) is 6.80. The standard InChI is InChI=1S/C14H22N4O/c1-4-15-11(2)12-6-5-7-16-14(12)18-9-8-17(3)13(19)10-18/h5-7,11,15H,4,8-10H2,1-3H3. The van der Waals surface area contributed by atoms with Crippen molar-refractivity contribution < 1.29 is 4.79 Å². The Hall–Kier alpha value is -1.62. The molecule has 1 fully saturated rings. The Morgan fingerprint density at radius 1 is 1.47 bits per heavy atom. The Balaban J connectivity index is 2.22. The van der Waals surface area contributed by atoms with Crippen molar-refractivity contribution in [3.05, 3.63) is 23.9 Å². The number of pyridine rings is 1. The summed E-state index contributed by atoms with van der Waals surface area (Å²) in [5.41, 5.74) is 1.15. The summed E-state index contributed by atoms with van der Waals surface area (Å²) in [6.07, 6.45) is 1.79. The van der Waals surface area contributed by atoms with Crippen LogP contribution in [0.2, 0.25) is 0 Å². The van der Waals surface area contributed by atoms with Gasteiger partial charge in [-0.2, -0.15) is 0 Å². The molecular weight excluding hydrogens is 240 g/mol. The summed E-state index contributed by atoms with van der Waals surface area (Å²) in [6.45, 7) is 7.14. The molecule has 2 rings (SSSR count). The van der Waals surface area contributed by atoms with Gasteiger partial charge in [0.05, 0.1) is 6.54 Å². The van der Waals surface area contributed by atoms with Crippen molar-refractivity contribution in [1.29, 1.82) is 0 Å². The monoisotopic (exact) mass is 262 g/mol. The van der Waals surface area contributed by atoms with Crippen LogP contribution in [-0.2, 0) is 4.79 Å². The third kappa shape index (κ3) is 3.04. The van der Waals surface area contributed by atoms with Crippen LogP contribution >= 0.6 is 0 Å². The summed E-state index contributed by atoms with van der Waals surface area (Å²) in [4.78, 5) is 20.2. The van der Waals surface area contributed by atoms with Crippen molar-refractivity contribution in [2.24, 2.45) is 0 Å². The lowest BCUT2D eigenvalue weighted by atomic mass is 10.1. The molecule has 1 saturated heterocycles. The lowest BCUT2D eigenvalue weighted by molar-refractivity contribution is -0.129. The highest BCUT2D eigenvalue weighted by Crippen LogP contribution is 2.24. The van der Waals surface area contributed by atoms with Crippen LogP contribution in [-0.4, -0.2) is 49.0 Å². The highest BCUT2D eigenvalue weighted by atomic mass is 16.2. The fourth-order valence-corrected chi connectivity index (χ4v) is 2.37. The minimum atomic E-state index is 0.152. The number of aromatic nitrogens is 1. The van der Waals surface area contributed by atoms with Gasteiger partial charge in [-0.15, -0.1) is 0 Å². The topological polar surface area (TPSA) is 48.5 Å². The number of rotatable bonds is 4. The van der Waals surface area contributed by atoms with E-state index in [-0.39, 0.29) is 11.9 Å². The fraction of sp³-hybridized carbons (Fsp3) is 0.571. The molecule has 104 valence electrons. The Kier molecular flexibility index (Phi) is 4.37. The van der Waals surface area contributed by atoms with Gasteiger partial charge in [0, 0.05) is 37.9 Å². The van der Waals surface area contributed by atoms with E-state index in [4.69, 9.17) is 0 Å². The zero-order valence-corrected chi connectivity index (χ0v) is 11.9. The molecule has 1 unspecified atom stereocenters. The Morgan fingerprint density at radius 2 is 2.26 bits per heavy atom. The molecule has 1 amide bonds. The number of anilines is 1. The van der Waals surface area contributed by atoms with Crippen molar-refractivity contribution in [2.75, 3.05) is 38.1 Å². The van der Waals surface area contributed by atoms with Crippen molar-refractivity contribution in [3.63, 3.8) is 0 Å². The molecule has 1 N–H and O–H groups in total. The van der Waals surface area contributed by atoms with Gasteiger partial charge in [0.1, 0.15) is 5.82 Å². The van der Waals surface area contributed by atoms with Gasteiger partial charge in [0.15, 0.2) is 0 Å². The zero-order valence-electron chi connectivity index (χ0n) is 11.9. The van der Waals surface area contributed by atoms with Gasteiger partial charge in [-0.3, -0.25) is 4.79 Å². The molecule has 5 heteroatoms. The van der Waals surface area contributed by atoms with E-state index in [9.17, 15) is 4.79 Å². The Labute approximate surface area is 114 Å². The van der Waals surface area contributed by atoms with E-state index < -0.39 is 0 Å². The summed E-state index contributed by atoms with van der Waals surface area (Å²) < 4.78 is 0. The summed E-state index contributed by atoms with van der Waals surface area (Å²) in [5.74, 6) is 1.08. The van der Waals surface area contributed by atoms with Gasteiger partial charge < -0.3 is 15.1 Å². The molecule has 0 bridgehead atoms. The molecule has 0 saturated carbocycles. The van der Waals surface area contributed by atoms with Crippen LogP contribution in [0.1, 0.15) is 25.5 Å². The van der Waals surface area contributed by atoms with Crippen LogP contribution in [0, 0.1) is 0 Å². The first-order chi connectivity index (χ1) is 9.13. The number of nitrogens with one attached hydrogen (secondary N) is 1. The highest BCUT2D eigenvalue weighted by Gasteiger charge is 2.24. The predicted molar refractivity (Wildman–Crippen MR) is 76.2 cm³/mol. The number of carbonyl (C=O) groups excluding carboxylic acids is 1. The van der Waals surface area contributed by atoms with Crippen LogP contribution in [0.4, 0.5) is 5.82 Å². The van der Waals surface area contributed by atoms with Crippen LogP contribution < -0.4 is 10.2 Å². The lowest BCUT2D eigenvalue weighted by Crippen LogP contribution is -2.49. The van der Waals surface area contributed by atoms with Crippen LogP contribution in [0.15, 0.2) is 18.3 Å². The van der Waals surface area contributed by atoms with Crippen molar-refractivity contribution in [3.8, 4) is 0 Å². The number of likely N-dealkylation sites (N-methyl/N-ethyl adjacent to an activating group) is 1. The van der Waals surface area contributed by atoms with Gasteiger partial charge in [-0.05, 0) is 19.5 Å². The van der Waals surface area contributed by atoms with Gasteiger partial charge in [0.25, 0.3) is 0 Å². The van der Waals surface area contributed by atoms with Crippen LogP contribution in [0.3, 0.4) is 0 Å². The van der Waals surface area contributed by atoms with E-state index >= 15 is 0 Å². The van der Waals surface area contributed by atoms with Gasteiger partial charge in [0.2, 0.25) is 5.91 Å². The molecule has 1 aromatic rings. The molecule has 2 heterocycles. The van der Waals surface area contributed by atoms with Gasteiger partial charge in [-0.1, -0.05) is 13.0 Å². The Morgan fingerprint density at radius 3 is 2.95 bits per heavy atom. The third-order valence-corrected chi connectivity index (χ3v) is 3.55. The van der Waals surface area contributed by atoms with Crippen molar-refractivity contribution in [1.82, 2.24) is 15.2 Å². The average molecular weight is 262 g/mol. The van der Waals surface area contributed by atoms with Crippen molar-refractivity contribution in [2.45, 2.75) is 19.9 Å². The zero-order chi connectivity index (χ0) is 13.8. The molecule has 0 radical (unpaired) electrons. The molecule has 1 atom stereocenters. The maximum atomic E-state index is 11.8. The molecule has 5 nitrogen and oxygen atoms in total. The molecule has 0 aliphatic carbocycles. The third-order valence-electron chi connectivity index (χ3n) is 3.55. The molecule has 1 aliphatic heterocycles. The molecule has 1 aromatic heterocycles. The number of piperazine rings is 1. The maximum Gasteiger partial charge on any atom is 0.241 e. The largest absolute Gasteiger partial charge is 0.345 e. The first-order valence-corrected chi connectivity index (χ1v) is 6.80. The minimum Gasteiger partial charge on any atom is -0.345 e. The van der Waals surface area contributed by atoms with E-state index in [1.54, 1.807) is 11.1 Å². The first kappa shape index (κ1) is 13.8. The second-order valence-corrected chi connectivity index (χ2v) is 4.93. The summed E-state index contributed by atoms with van der Waals surface area (Å²) in [7, 11) is 1.85. The minimum absolute atomic E-state index is 0.152. The molecule has 0 spiro atoms. The van der Waals surface area contributed by atoms with Crippen LogP contribution in [0.5, 0.6) is 0 Å². The second kappa shape index (κ2) is 6.02.